The number of anilines is 2. The quantitative estimate of drug-likeness (QED) is 0.915. The Hall–Kier alpha value is -1.85. The maximum atomic E-state index is 12.2. The summed E-state index contributed by atoms with van der Waals surface area (Å²) in [6.07, 6.45) is 2.29. The van der Waals surface area contributed by atoms with E-state index in [1.54, 1.807) is 11.3 Å². The largest absolute Gasteiger partial charge is 0.350 e. The van der Waals surface area contributed by atoms with Gasteiger partial charge in [-0.05, 0) is 50.7 Å². The molecule has 0 unspecified atom stereocenters. The molecular weight excluding hydrogens is 306 g/mol. The Labute approximate surface area is 141 Å². The lowest BCUT2D eigenvalue weighted by molar-refractivity contribution is 0.0955. The van der Waals surface area contributed by atoms with E-state index < -0.39 is 0 Å². The first-order valence-corrected chi connectivity index (χ1v) is 8.85. The lowest BCUT2D eigenvalue weighted by Gasteiger charge is -2.30. The smallest absolute Gasteiger partial charge is 0.261 e. The minimum Gasteiger partial charge on any atom is -0.350 e. The zero-order chi connectivity index (χ0) is 16.2. The van der Waals surface area contributed by atoms with Gasteiger partial charge in [-0.2, -0.15) is 0 Å². The lowest BCUT2D eigenvalue weighted by Crippen LogP contribution is -2.30. The zero-order valence-electron chi connectivity index (χ0n) is 13.7. The van der Waals surface area contributed by atoms with Gasteiger partial charge >= 0.3 is 0 Å². The Kier molecular flexibility index (Phi) is 4.98. The summed E-state index contributed by atoms with van der Waals surface area (Å²) in [5, 5.41) is 4.13. The molecule has 1 aromatic carbocycles. The van der Waals surface area contributed by atoms with Gasteiger partial charge in [-0.3, -0.25) is 4.79 Å². The number of aryl methyl sites for hydroxylation is 1. The molecule has 0 bridgehead atoms. The van der Waals surface area contributed by atoms with E-state index in [2.05, 4.69) is 45.4 Å². The van der Waals surface area contributed by atoms with Crippen molar-refractivity contribution in [2.24, 2.45) is 0 Å². The van der Waals surface area contributed by atoms with Gasteiger partial charge in [0.15, 0.2) is 0 Å². The van der Waals surface area contributed by atoms with Gasteiger partial charge in [0.05, 0.1) is 9.88 Å². The maximum absolute atomic E-state index is 12.2. The Morgan fingerprint density at radius 1 is 1.26 bits per heavy atom. The van der Waals surface area contributed by atoms with Crippen LogP contribution in [0.4, 0.5) is 10.7 Å². The van der Waals surface area contributed by atoms with Crippen molar-refractivity contribution in [3.05, 3.63) is 46.8 Å². The number of fused-ring (bicyclic) bond motifs is 1. The maximum Gasteiger partial charge on any atom is 0.261 e. The topological polar surface area (TPSA) is 35.6 Å². The third-order valence-electron chi connectivity index (χ3n) is 4.04. The number of nitrogens with one attached hydrogen (secondary N) is 1. The number of benzene rings is 1. The predicted octanol–water partition coefficient (Wildman–Crippen LogP) is 3.12. The lowest BCUT2D eigenvalue weighted by atomic mass is 10.0. The van der Waals surface area contributed by atoms with E-state index in [0.717, 1.165) is 35.8 Å². The SMILES string of the molecule is CN(C)CCNC(=O)c1ccc(N2CCCc3ccccc32)s1. The van der Waals surface area contributed by atoms with Crippen LogP contribution >= 0.6 is 11.3 Å². The number of rotatable bonds is 5. The minimum absolute atomic E-state index is 0.0217. The summed E-state index contributed by atoms with van der Waals surface area (Å²) in [5.41, 5.74) is 2.67. The number of hydrogen-bond donors (Lipinski definition) is 1. The molecule has 0 radical (unpaired) electrons. The number of thiophene rings is 1. The molecule has 23 heavy (non-hydrogen) atoms. The van der Waals surface area contributed by atoms with Crippen LogP contribution in [-0.2, 0) is 6.42 Å². The van der Waals surface area contributed by atoms with Crippen LogP contribution in [0.15, 0.2) is 36.4 Å². The number of carbonyl (C=O) groups excluding carboxylic acids is 1. The molecule has 122 valence electrons. The molecule has 1 aromatic heterocycles. The summed E-state index contributed by atoms with van der Waals surface area (Å²) in [7, 11) is 4.01. The molecule has 0 fully saturated rings. The molecule has 0 saturated carbocycles. The van der Waals surface area contributed by atoms with E-state index in [1.165, 1.54) is 11.3 Å². The van der Waals surface area contributed by atoms with Crippen LogP contribution in [0, 0.1) is 0 Å². The molecule has 1 aliphatic rings. The summed E-state index contributed by atoms with van der Waals surface area (Å²) in [6, 6.07) is 12.5. The van der Waals surface area contributed by atoms with Gasteiger partial charge in [0.2, 0.25) is 0 Å². The molecule has 1 amide bonds. The predicted molar refractivity (Wildman–Crippen MR) is 97.0 cm³/mol. The third kappa shape index (κ3) is 3.74. The average Bonchev–Trinajstić information content (AvgIpc) is 3.04. The monoisotopic (exact) mass is 329 g/mol. The first kappa shape index (κ1) is 16.0. The normalized spacial score (nSPS) is 14.0. The van der Waals surface area contributed by atoms with Crippen molar-refractivity contribution in [3.8, 4) is 0 Å². The van der Waals surface area contributed by atoms with Gasteiger partial charge < -0.3 is 15.1 Å². The van der Waals surface area contributed by atoms with Crippen LogP contribution in [-0.4, -0.2) is 44.5 Å². The summed E-state index contributed by atoms with van der Waals surface area (Å²) < 4.78 is 0. The molecular formula is C18H23N3OS. The highest BCUT2D eigenvalue weighted by molar-refractivity contribution is 7.18. The number of carbonyl (C=O) groups is 1. The number of amides is 1. The van der Waals surface area contributed by atoms with Crippen molar-refractivity contribution < 1.29 is 4.79 Å². The van der Waals surface area contributed by atoms with Crippen molar-refractivity contribution >= 4 is 27.9 Å². The fourth-order valence-electron chi connectivity index (χ4n) is 2.84. The van der Waals surface area contributed by atoms with Crippen molar-refractivity contribution in [1.82, 2.24) is 10.2 Å². The fourth-order valence-corrected chi connectivity index (χ4v) is 3.80. The third-order valence-corrected chi connectivity index (χ3v) is 5.14. The highest BCUT2D eigenvalue weighted by Gasteiger charge is 2.20. The molecule has 2 aromatic rings. The molecule has 4 nitrogen and oxygen atoms in total. The van der Waals surface area contributed by atoms with E-state index in [4.69, 9.17) is 0 Å². The average molecular weight is 329 g/mol. The van der Waals surface area contributed by atoms with Crippen LogP contribution in [0.25, 0.3) is 0 Å². The van der Waals surface area contributed by atoms with E-state index in [0.29, 0.717) is 6.54 Å². The van der Waals surface area contributed by atoms with Crippen LogP contribution in [0.1, 0.15) is 21.7 Å². The number of hydrogen-bond acceptors (Lipinski definition) is 4. The minimum atomic E-state index is 0.0217. The first-order valence-electron chi connectivity index (χ1n) is 8.03. The highest BCUT2D eigenvalue weighted by Crippen LogP contribution is 2.37. The Morgan fingerprint density at radius 2 is 2.09 bits per heavy atom. The second-order valence-corrected chi connectivity index (χ2v) is 7.14. The van der Waals surface area contributed by atoms with Gasteiger partial charge in [-0.25, -0.2) is 0 Å². The molecule has 0 atom stereocenters. The van der Waals surface area contributed by atoms with Crippen LogP contribution in [0.5, 0.6) is 0 Å². The standard InChI is InChI=1S/C18H23N3OS/c1-20(2)13-11-19-18(22)16-9-10-17(23-16)21-12-5-7-14-6-3-4-8-15(14)21/h3-4,6,8-10H,5,7,11-13H2,1-2H3,(H,19,22). The molecule has 5 heteroatoms. The molecule has 1 aliphatic heterocycles. The molecule has 3 rings (SSSR count). The van der Waals surface area contributed by atoms with E-state index in [9.17, 15) is 4.79 Å². The summed E-state index contributed by atoms with van der Waals surface area (Å²) >= 11 is 1.57. The number of likely N-dealkylation sites (N-methyl/N-ethyl adjacent to an activating group) is 1. The summed E-state index contributed by atoms with van der Waals surface area (Å²) in [4.78, 5) is 17.4. The number of para-hydroxylation sites is 1. The van der Waals surface area contributed by atoms with Crippen molar-refractivity contribution in [2.45, 2.75) is 12.8 Å². The zero-order valence-corrected chi connectivity index (χ0v) is 14.5. The van der Waals surface area contributed by atoms with Gasteiger partial charge in [0.1, 0.15) is 0 Å². The van der Waals surface area contributed by atoms with Crippen LogP contribution < -0.4 is 10.2 Å². The molecule has 2 heterocycles. The van der Waals surface area contributed by atoms with Crippen LogP contribution in [0.2, 0.25) is 0 Å². The molecule has 0 saturated heterocycles. The summed E-state index contributed by atoms with van der Waals surface area (Å²) in [5.74, 6) is 0.0217. The Morgan fingerprint density at radius 3 is 2.91 bits per heavy atom. The van der Waals surface area contributed by atoms with E-state index in [1.807, 2.05) is 20.2 Å². The van der Waals surface area contributed by atoms with Gasteiger partial charge in [0, 0.05) is 25.3 Å². The first-order chi connectivity index (χ1) is 11.1. The molecule has 0 spiro atoms. The van der Waals surface area contributed by atoms with E-state index in [-0.39, 0.29) is 5.91 Å². The van der Waals surface area contributed by atoms with Crippen molar-refractivity contribution in [2.75, 3.05) is 38.6 Å². The number of nitrogens with zero attached hydrogens (tertiary/aromatic N) is 2. The van der Waals surface area contributed by atoms with Gasteiger partial charge in [0.25, 0.3) is 5.91 Å². The fraction of sp³-hybridized carbons (Fsp3) is 0.389. The van der Waals surface area contributed by atoms with Gasteiger partial charge in [-0.15, -0.1) is 11.3 Å². The Bertz CT molecular complexity index is 680. The molecule has 0 aliphatic carbocycles. The van der Waals surface area contributed by atoms with Crippen molar-refractivity contribution in [3.63, 3.8) is 0 Å². The van der Waals surface area contributed by atoms with E-state index >= 15 is 0 Å². The summed E-state index contributed by atoms with van der Waals surface area (Å²) in [6.45, 7) is 2.54. The second-order valence-electron chi connectivity index (χ2n) is 6.08. The Balaban J connectivity index is 1.71. The molecule has 1 N–H and O–H groups in total. The van der Waals surface area contributed by atoms with Gasteiger partial charge in [-0.1, -0.05) is 18.2 Å². The van der Waals surface area contributed by atoms with Crippen LogP contribution in [0.3, 0.4) is 0 Å². The van der Waals surface area contributed by atoms with Crippen molar-refractivity contribution in [1.29, 1.82) is 0 Å². The highest BCUT2D eigenvalue weighted by atomic mass is 32.1. The second kappa shape index (κ2) is 7.15.